The van der Waals surface area contributed by atoms with Crippen molar-refractivity contribution in [1.29, 1.82) is 0 Å². The molecule has 0 bridgehead atoms. The Bertz CT molecular complexity index is 547. The third-order valence-corrected chi connectivity index (χ3v) is 5.05. The summed E-state index contributed by atoms with van der Waals surface area (Å²) in [4.78, 5) is 9.35. The van der Waals surface area contributed by atoms with Gasteiger partial charge in [-0.05, 0) is 43.1 Å². The lowest BCUT2D eigenvalue weighted by Gasteiger charge is -2.31. The molecule has 0 amide bonds. The van der Waals surface area contributed by atoms with Crippen LogP contribution in [0.25, 0.3) is 0 Å². The molecule has 1 aromatic rings. The number of rotatable bonds is 5. The van der Waals surface area contributed by atoms with Gasteiger partial charge in [-0.15, -0.1) is 0 Å². The molecule has 2 fully saturated rings. The van der Waals surface area contributed by atoms with Crippen molar-refractivity contribution in [1.82, 2.24) is 15.2 Å². The lowest BCUT2D eigenvalue weighted by molar-refractivity contribution is 0.0389. The van der Waals surface area contributed by atoms with Crippen LogP contribution in [0.2, 0.25) is 0 Å². The van der Waals surface area contributed by atoms with Crippen LogP contribution in [-0.2, 0) is 4.74 Å². The summed E-state index contributed by atoms with van der Waals surface area (Å²) < 4.78 is 5.35. The number of hydrogen-bond acceptors (Lipinski definition) is 5. The van der Waals surface area contributed by atoms with Crippen LogP contribution in [0, 0.1) is 5.92 Å². The Kier molecular flexibility index (Phi) is 6.84. The molecule has 3 heterocycles. The van der Waals surface area contributed by atoms with Gasteiger partial charge in [-0.25, -0.2) is 4.98 Å². The molecule has 6 nitrogen and oxygen atoms in total. The van der Waals surface area contributed by atoms with Gasteiger partial charge >= 0.3 is 0 Å². The van der Waals surface area contributed by atoms with E-state index in [1.165, 1.54) is 12.8 Å². The molecule has 7 heteroatoms. The van der Waals surface area contributed by atoms with E-state index in [0.717, 1.165) is 69.9 Å². The average Bonchev–Trinajstić information content (AvgIpc) is 2.63. The Morgan fingerprint density at radius 1 is 1.32 bits per heavy atom. The Balaban J connectivity index is 1.40. The van der Waals surface area contributed by atoms with Crippen LogP contribution < -0.4 is 15.5 Å². The number of anilines is 2. The van der Waals surface area contributed by atoms with Gasteiger partial charge in [0.25, 0.3) is 0 Å². The van der Waals surface area contributed by atoms with E-state index in [-0.39, 0.29) is 0 Å². The largest absolute Gasteiger partial charge is 0.379 e. The lowest BCUT2D eigenvalue weighted by Crippen LogP contribution is -2.42. The van der Waals surface area contributed by atoms with Crippen molar-refractivity contribution < 1.29 is 4.74 Å². The molecular weight excluding hydrogens is 334 g/mol. The number of nitrogens with zero attached hydrogens (tertiary/aromatic N) is 3. The molecule has 25 heavy (non-hydrogen) atoms. The summed E-state index contributed by atoms with van der Waals surface area (Å²) in [5, 5.41) is 7.12. The summed E-state index contributed by atoms with van der Waals surface area (Å²) in [7, 11) is 0. The summed E-state index contributed by atoms with van der Waals surface area (Å²) in [5.41, 5.74) is 0.928. The van der Waals surface area contributed by atoms with Gasteiger partial charge < -0.3 is 20.3 Å². The van der Waals surface area contributed by atoms with Gasteiger partial charge in [0, 0.05) is 39.3 Å². The van der Waals surface area contributed by atoms with Crippen molar-refractivity contribution in [2.75, 3.05) is 62.7 Å². The van der Waals surface area contributed by atoms with Gasteiger partial charge in [0.2, 0.25) is 0 Å². The van der Waals surface area contributed by atoms with E-state index in [1.54, 1.807) is 0 Å². The summed E-state index contributed by atoms with van der Waals surface area (Å²) in [5.74, 6) is 1.81. The zero-order valence-electron chi connectivity index (χ0n) is 15.0. The Labute approximate surface area is 155 Å². The highest BCUT2D eigenvalue weighted by molar-refractivity contribution is 7.80. The number of hydrogen-bond donors (Lipinski definition) is 2. The molecule has 0 aliphatic carbocycles. The van der Waals surface area contributed by atoms with E-state index in [1.807, 2.05) is 6.20 Å². The SMILES string of the molecule is C[C@H]1CCCN(c2ccc(NC(=S)NCCN3CCOCC3)cn2)C1. The second-order valence-electron chi connectivity index (χ2n) is 6.93. The van der Waals surface area contributed by atoms with E-state index < -0.39 is 0 Å². The van der Waals surface area contributed by atoms with Gasteiger partial charge in [0.05, 0.1) is 25.1 Å². The third kappa shape index (κ3) is 5.80. The summed E-state index contributed by atoms with van der Waals surface area (Å²) in [6.07, 6.45) is 4.44. The van der Waals surface area contributed by atoms with E-state index in [9.17, 15) is 0 Å². The van der Waals surface area contributed by atoms with Crippen LogP contribution in [0.5, 0.6) is 0 Å². The van der Waals surface area contributed by atoms with Crippen LogP contribution in [0.4, 0.5) is 11.5 Å². The fourth-order valence-electron chi connectivity index (χ4n) is 3.37. The van der Waals surface area contributed by atoms with Crippen LogP contribution in [-0.4, -0.2) is 67.5 Å². The molecule has 0 saturated carbocycles. The van der Waals surface area contributed by atoms with Crippen molar-refractivity contribution in [3.63, 3.8) is 0 Å². The first-order valence-electron chi connectivity index (χ1n) is 9.26. The van der Waals surface area contributed by atoms with E-state index in [0.29, 0.717) is 5.11 Å². The Hall–Kier alpha value is -1.44. The maximum Gasteiger partial charge on any atom is 0.170 e. The average molecular weight is 364 g/mol. The molecule has 1 atom stereocenters. The normalized spacial score (nSPS) is 21.8. The highest BCUT2D eigenvalue weighted by Gasteiger charge is 2.17. The molecule has 2 aliphatic heterocycles. The summed E-state index contributed by atoms with van der Waals surface area (Å²) in [6, 6.07) is 4.13. The third-order valence-electron chi connectivity index (χ3n) is 4.80. The van der Waals surface area contributed by atoms with Crippen LogP contribution in [0.3, 0.4) is 0 Å². The minimum absolute atomic E-state index is 0.648. The number of pyridine rings is 1. The second-order valence-corrected chi connectivity index (χ2v) is 7.34. The van der Waals surface area contributed by atoms with Crippen molar-refractivity contribution >= 4 is 28.8 Å². The topological polar surface area (TPSA) is 52.7 Å². The molecule has 2 saturated heterocycles. The Morgan fingerprint density at radius 2 is 2.16 bits per heavy atom. The molecule has 2 N–H and O–H groups in total. The lowest BCUT2D eigenvalue weighted by atomic mass is 10.0. The fraction of sp³-hybridized carbons (Fsp3) is 0.667. The minimum atomic E-state index is 0.648. The number of morpholine rings is 1. The fourth-order valence-corrected chi connectivity index (χ4v) is 3.59. The highest BCUT2D eigenvalue weighted by atomic mass is 32.1. The molecular formula is C18H29N5OS. The quantitative estimate of drug-likeness (QED) is 0.776. The number of nitrogens with one attached hydrogen (secondary N) is 2. The van der Waals surface area contributed by atoms with E-state index in [2.05, 4.69) is 44.5 Å². The molecule has 0 unspecified atom stereocenters. The van der Waals surface area contributed by atoms with Gasteiger partial charge in [0.15, 0.2) is 5.11 Å². The first-order valence-corrected chi connectivity index (χ1v) is 9.67. The van der Waals surface area contributed by atoms with Crippen LogP contribution in [0.15, 0.2) is 18.3 Å². The number of aromatic nitrogens is 1. The van der Waals surface area contributed by atoms with Crippen LogP contribution in [0.1, 0.15) is 19.8 Å². The van der Waals surface area contributed by atoms with Crippen molar-refractivity contribution in [2.45, 2.75) is 19.8 Å². The van der Waals surface area contributed by atoms with Gasteiger partial charge in [-0.1, -0.05) is 6.92 Å². The summed E-state index contributed by atoms with van der Waals surface area (Å²) in [6.45, 7) is 9.99. The molecule has 1 aromatic heterocycles. The van der Waals surface area contributed by atoms with Gasteiger partial charge in [-0.2, -0.15) is 0 Å². The maximum atomic E-state index is 5.37. The molecule has 138 valence electrons. The van der Waals surface area contributed by atoms with Gasteiger partial charge in [0.1, 0.15) is 5.82 Å². The predicted molar refractivity (Wildman–Crippen MR) is 106 cm³/mol. The highest BCUT2D eigenvalue weighted by Crippen LogP contribution is 2.21. The van der Waals surface area contributed by atoms with Crippen LogP contribution >= 0.6 is 12.2 Å². The predicted octanol–water partition coefficient (Wildman–Crippen LogP) is 1.94. The smallest absolute Gasteiger partial charge is 0.170 e. The molecule has 3 rings (SSSR count). The van der Waals surface area contributed by atoms with E-state index >= 15 is 0 Å². The second kappa shape index (κ2) is 9.31. The summed E-state index contributed by atoms with van der Waals surface area (Å²) >= 11 is 5.37. The number of piperidine rings is 1. The maximum absolute atomic E-state index is 5.37. The molecule has 2 aliphatic rings. The zero-order chi connectivity index (χ0) is 17.5. The number of thiocarbonyl (C=S) groups is 1. The van der Waals surface area contributed by atoms with Gasteiger partial charge in [-0.3, -0.25) is 4.90 Å². The zero-order valence-corrected chi connectivity index (χ0v) is 15.9. The molecule has 0 aromatic carbocycles. The first kappa shape index (κ1) is 18.4. The Morgan fingerprint density at radius 3 is 2.88 bits per heavy atom. The van der Waals surface area contributed by atoms with Crippen molar-refractivity contribution in [3.8, 4) is 0 Å². The standard InChI is InChI=1S/C18H29N5OS/c1-15-3-2-7-23(14-15)17-5-4-16(13-20-17)21-18(25)19-6-8-22-9-11-24-12-10-22/h4-5,13,15H,2-3,6-12,14H2,1H3,(H2,19,21,25)/t15-/m0/s1. The minimum Gasteiger partial charge on any atom is -0.379 e. The monoisotopic (exact) mass is 363 g/mol. The van der Waals surface area contributed by atoms with E-state index in [4.69, 9.17) is 17.0 Å². The molecule has 0 radical (unpaired) electrons. The van der Waals surface area contributed by atoms with Crippen molar-refractivity contribution in [3.05, 3.63) is 18.3 Å². The number of ether oxygens (including phenoxy) is 1. The first-order chi connectivity index (χ1) is 12.2. The molecule has 0 spiro atoms. The van der Waals surface area contributed by atoms with Crippen molar-refractivity contribution in [2.24, 2.45) is 5.92 Å².